The standard InChI is InChI=1S/C37H46N4O.2ClH/c1-36(2)29-16-8-10-18-31(29)40(5)33(36)23-21-27-14-13-15-28(26-27)22-24-34-37(3,4)30-17-9-11-19-32(30)41(34)25-12-6-7-20-35(42)39-38;;/h8-11,16-19,21-24,26H,6-7,12-15,20,25,38H2,1-5H3;2*1H. The molecule has 2 aliphatic heterocycles. The number of rotatable bonds is 9. The molecule has 0 fully saturated rings. The lowest BCUT2D eigenvalue weighted by molar-refractivity contribution is -0.427. The number of unbranched alkanes of at least 4 members (excludes halogenated alkanes) is 2. The minimum atomic E-state index is -0.0627. The number of hydrogen-bond donors (Lipinski definition) is 2. The van der Waals surface area contributed by atoms with E-state index in [9.17, 15) is 4.79 Å². The lowest BCUT2D eigenvalue weighted by Gasteiger charge is -2.27. The molecule has 5 nitrogen and oxygen atoms in total. The molecule has 5 rings (SSSR count). The highest BCUT2D eigenvalue weighted by atomic mass is 35.5. The van der Waals surface area contributed by atoms with E-state index < -0.39 is 0 Å². The molecular formula is C37H48Cl2N4O. The summed E-state index contributed by atoms with van der Waals surface area (Å²) in [6, 6.07) is 17.6. The molecule has 0 saturated carbocycles. The number of anilines is 1. The van der Waals surface area contributed by atoms with Crippen molar-refractivity contribution >= 4 is 23.0 Å². The Kier molecular flexibility index (Phi) is 11.9. The number of nitrogens with one attached hydrogen (secondary N) is 1. The number of halogens is 2. The average molecular weight is 636 g/mol. The third-order valence-electron chi connectivity index (χ3n) is 9.43. The van der Waals surface area contributed by atoms with E-state index in [2.05, 4.69) is 134 Å². The van der Waals surface area contributed by atoms with Crippen LogP contribution < -0.4 is 41.0 Å². The number of hydrogen-bond acceptors (Lipinski definition) is 2. The Morgan fingerprint density at radius 1 is 0.909 bits per heavy atom. The molecule has 1 amide bonds. The van der Waals surface area contributed by atoms with Crippen molar-refractivity contribution in [2.24, 2.45) is 0 Å². The van der Waals surface area contributed by atoms with Gasteiger partial charge in [-0.05, 0) is 74.8 Å². The summed E-state index contributed by atoms with van der Waals surface area (Å²) in [6.07, 6.45) is 18.7. The first-order valence-corrected chi connectivity index (χ1v) is 15.6. The molecule has 0 unspecified atom stereocenters. The Morgan fingerprint density at radius 2 is 1.61 bits per heavy atom. The summed E-state index contributed by atoms with van der Waals surface area (Å²) in [5.41, 5.74) is 13.3. The van der Waals surface area contributed by atoms with Crippen molar-refractivity contribution in [1.29, 1.82) is 0 Å². The van der Waals surface area contributed by atoms with Gasteiger partial charge in [0.15, 0.2) is 5.71 Å². The van der Waals surface area contributed by atoms with E-state index in [1.54, 1.807) is 0 Å². The Labute approximate surface area is 276 Å². The van der Waals surface area contributed by atoms with Crippen molar-refractivity contribution in [3.05, 3.63) is 107 Å². The fourth-order valence-corrected chi connectivity index (χ4v) is 7.02. The lowest BCUT2D eigenvalue weighted by atomic mass is 9.81. The zero-order valence-electron chi connectivity index (χ0n) is 26.9. The quantitative estimate of drug-likeness (QED) is 0.244. The van der Waals surface area contributed by atoms with Crippen molar-refractivity contribution in [1.82, 2.24) is 5.43 Å². The fraction of sp³-hybridized carbons (Fsp3) is 0.405. The van der Waals surface area contributed by atoms with Crippen molar-refractivity contribution in [3.63, 3.8) is 0 Å². The third kappa shape index (κ3) is 7.06. The number of quaternary nitrogens is 1. The predicted octanol–water partition coefficient (Wildman–Crippen LogP) is 0.809. The molecule has 0 atom stereocenters. The highest BCUT2D eigenvalue weighted by Gasteiger charge is 2.42. The number of para-hydroxylation sites is 2. The summed E-state index contributed by atoms with van der Waals surface area (Å²) in [5, 5.41) is 0. The number of carbonyl (C=O) groups is 1. The molecule has 2 aromatic rings. The summed E-state index contributed by atoms with van der Waals surface area (Å²) in [6.45, 7) is 10.3. The van der Waals surface area contributed by atoms with Crippen LogP contribution in [0.5, 0.6) is 0 Å². The second kappa shape index (κ2) is 14.8. The number of benzene rings is 2. The summed E-state index contributed by atoms with van der Waals surface area (Å²) >= 11 is 0. The van der Waals surface area contributed by atoms with Gasteiger partial charge in [-0.15, -0.1) is 0 Å². The molecule has 44 heavy (non-hydrogen) atoms. The van der Waals surface area contributed by atoms with E-state index in [4.69, 9.17) is 0 Å². The maximum Gasteiger partial charge on any atom is 0.264 e. The molecule has 0 spiro atoms. The summed E-state index contributed by atoms with van der Waals surface area (Å²) in [5.74, 6) is 3.50. The second-order valence-electron chi connectivity index (χ2n) is 13.0. The summed E-state index contributed by atoms with van der Waals surface area (Å²) in [7, 11) is 2.19. The van der Waals surface area contributed by atoms with Gasteiger partial charge in [0, 0.05) is 47.5 Å². The molecule has 3 aliphatic rings. The van der Waals surface area contributed by atoms with Crippen LogP contribution >= 0.6 is 0 Å². The minimum Gasteiger partial charge on any atom is -1.00 e. The van der Waals surface area contributed by atoms with Crippen LogP contribution in [0.15, 0.2) is 95.8 Å². The van der Waals surface area contributed by atoms with E-state index in [0.29, 0.717) is 6.42 Å². The molecule has 1 aliphatic carbocycles. The van der Waals surface area contributed by atoms with E-state index in [0.717, 1.165) is 38.6 Å². The van der Waals surface area contributed by atoms with Gasteiger partial charge < -0.3 is 29.7 Å². The predicted molar refractivity (Wildman–Crippen MR) is 174 cm³/mol. The van der Waals surface area contributed by atoms with Crippen molar-refractivity contribution in [2.75, 3.05) is 18.5 Å². The molecule has 0 saturated heterocycles. The van der Waals surface area contributed by atoms with Gasteiger partial charge in [-0.3, -0.25) is 10.6 Å². The molecular weight excluding hydrogens is 587 g/mol. The van der Waals surface area contributed by atoms with Gasteiger partial charge in [0.2, 0.25) is 5.69 Å². The molecule has 7 heteroatoms. The van der Waals surface area contributed by atoms with Gasteiger partial charge in [0.1, 0.15) is 7.05 Å². The maximum atomic E-state index is 11.6. The highest BCUT2D eigenvalue weighted by Crippen LogP contribution is 2.48. The van der Waals surface area contributed by atoms with Crippen LogP contribution in [-0.2, 0) is 15.6 Å². The number of carbonyl (C=O) groups excluding carboxylic acids is 1. The smallest absolute Gasteiger partial charge is 0.264 e. The number of fused-ring (bicyclic) bond motifs is 2. The normalized spacial score (nSPS) is 19.9. The van der Waals surface area contributed by atoms with Crippen LogP contribution in [0, 0.1) is 0 Å². The van der Waals surface area contributed by atoms with Crippen molar-refractivity contribution in [3.8, 4) is 0 Å². The van der Waals surface area contributed by atoms with Crippen LogP contribution in [0.4, 0.5) is 11.4 Å². The van der Waals surface area contributed by atoms with Gasteiger partial charge in [-0.2, -0.15) is 4.58 Å². The number of allylic oxidation sites excluding steroid dienone is 8. The molecule has 0 aromatic heterocycles. The van der Waals surface area contributed by atoms with Crippen LogP contribution in [0.1, 0.15) is 83.8 Å². The fourth-order valence-electron chi connectivity index (χ4n) is 7.02. The number of amides is 1. The van der Waals surface area contributed by atoms with Crippen LogP contribution in [0.2, 0.25) is 0 Å². The highest BCUT2D eigenvalue weighted by molar-refractivity contribution is 6.03. The number of nitrogens with zero attached hydrogens (tertiary/aromatic N) is 2. The van der Waals surface area contributed by atoms with Crippen LogP contribution in [-0.4, -0.2) is 29.8 Å². The largest absolute Gasteiger partial charge is 1.00 e. The van der Waals surface area contributed by atoms with E-state index in [1.807, 2.05) is 0 Å². The van der Waals surface area contributed by atoms with E-state index >= 15 is 0 Å². The maximum absolute atomic E-state index is 11.6. The Bertz CT molecular complexity index is 1510. The van der Waals surface area contributed by atoms with E-state index in [-0.39, 0.29) is 41.6 Å². The van der Waals surface area contributed by atoms with Gasteiger partial charge in [0.25, 0.3) is 5.91 Å². The van der Waals surface area contributed by atoms with E-state index in [1.165, 1.54) is 51.5 Å². The topological polar surface area (TPSA) is 63.0 Å². The Balaban J connectivity index is 0.00000264. The van der Waals surface area contributed by atoms with Gasteiger partial charge >= 0.3 is 0 Å². The first-order chi connectivity index (χ1) is 20.1. The minimum absolute atomic E-state index is 0. The van der Waals surface area contributed by atoms with Gasteiger partial charge in [0.05, 0.1) is 5.41 Å². The van der Waals surface area contributed by atoms with Crippen molar-refractivity contribution < 1.29 is 40.0 Å². The first kappa shape index (κ1) is 35.4. The summed E-state index contributed by atoms with van der Waals surface area (Å²) < 4.78 is 2.35. The lowest BCUT2D eigenvalue weighted by Crippen LogP contribution is -3.00. The molecule has 2 aromatic carbocycles. The zero-order chi connectivity index (χ0) is 29.9. The molecule has 2 heterocycles. The molecule has 0 bridgehead atoms. The van der Waals surface area contributed by atoms with Crippen LogP contribution in [0.25, 0.3) is 0 Å². The molecule has 0 radical (unpaired) electrons. The SMILES string of the molecule is C[N+]1=C(C=CC2=CC(=CC=C3N(CCCCCC(=O)N[NH3+])c4ccccc4C3(C)C)CCC2)C(C)(C)c2ccccc21.[Cl-].[Cl-]. The second-order valence-corrected chi connectivity index (χ2v) is 13.0. The van der Waals surface area contributed by atoms with Crippen molar-refractivity contribution in [2.45, 2.75) is 83.5 Å². The first-order valence-electron chi connectivity index (χ1n) is 15.6. The Hall–Kier alpha value is -3.12. The van der Waals surface area contributed by atoms with Crippen LogP contribution in [0.3, 0.4) is 0 Å². The van der Waals surface area contributed by atoms with Gasteiger partial charge in [-0.1, -0.05) is 74.9 Å². The zero-order valence-corrected chi connectivity index (χ0v) is 28.4. The average Bonchev–Trinajstić information content (AvgIpc) is 3.32. The third-order valence-corrected chi connectivity index (χ3v) is 9.43. The summed E-state index contributed by atoms with van der Waals surface area (Å²) in [4.78, 5) is 14.1. The molecule has 4 N–H and O–H groups in total. The Morgan fingerprint density at radius 3 is 2.34 bits per heavy atom. The van der Waals surface area contributed by atoms with Gasteiger partial charge in [-0.25, -0.2) is 5.43 Å². The monoisotopic (exact) mass is 634 g/mol. The molecule has 236 valence electrons.